The van der Waals surface area contributed by atoms with Crippen LogP contribution in [0.15, 0.2) is 60.2 Å². The van der Waals surface area contributed by atoms with Gasteiger partial charge in [0, 0.05) is 5.56 Å². The summed E-state index contributed by atoms with van der Waals surface area (Å²) >= 11 is 0. The van der Waals surface area contributed by atoms with Gasteiger partial charge in [-0.2, -0.15) is 10.5 Å². The molecule has 0 amide bonds. The van der Waals surface area contributed by atoms with Crippen molar-refractivity contribution >= 4 is 23.0 Å². The molecular formula is C26H20N4O. The molecule has 3 aromatic rings. The van der Waals surface area contributed by atoms with E-state index in [0.29, 0.717) is 23.4 Å². The molecule has 2 aromatic carbocycles. The summed E-state index contributed by atoms with van der Waals surface area (Å²) in [6.45, 7) is 4.24. The first-order chi connectivity index (χ1) is 15.0. The van der Waals surface area contributed by atoms with Crippen molar-refractivity contribution in [3.63, 3.8) is 0 Å². The summed E-state index contributed by atoms with van der Waals surface area (Å²) in [4.78, 5) is 4.36. The average molecular weight is 404 g/mol. The van der Waals surface area contributed by atoms with E-state index in [2.05, 4.69) is 17.1 Å². The standard InChI is InChI=1S/C26H20N4O/c1-16-21(24-17(2)23(14-28)26(29)30-25(24)22(16)13-27)12-18-8-10-20(11-9-18)31-15-19-6-4-3-5-7-19/h3-12H,15H2,1-2H3,(H2,29,30)/b21-12-. The highest BCUT2D eigenvalue weighted by Crippen LogP contribution is 2.44. The molecule has 1 aromatic heterocycles. The average Bonchev–Trinajstić information content (AvgIpc) is 3.04. The maximum absolute atomic E-state index is 9.67. The fraction of sp³-hybridized carbons (Fsp3) is 0.115. The monoisotopic (exact) mass is 404 g/mol. The summed E-state index contributed by atoms with van der Waals surface area (Å²) in [5.74, 6) is 0.931. The van der Waals surface area contributed by atoms with E-state index in [1.54, 1.807) is 0 Å². The number of ether oxygens (including phenoxy) is 1. The minimum Gasteiger partial charge on any atom is -0.489 e. The predicted molar refractivity (Wildman–Crippen MR) is 121 cm³/mol. The second-order valence-corrected chi connectivity index (χ2v) is 7.35. The van der Waals surface area contributed by atoms with Crippen molar-refractivity contribution in [2.75, 3.05) is 5.73 Å². The topological polar surface area (TPSA) is 95.7 Å². The SMILES string of the molecule is CC1=C(C#N)c2nc(N)c(C#N)c(C)c2/C1=C\c1ccc(OCc2ccccc2)cc1. The van der Waals surface area contributed by atoms with E-state index in [9.17, 15) is 10.5 Å². The number of anilines is 1. The zero-order valence-corrected chi connectivity index (χ0v) is 17.3. The normalized spacial score (nSPS) is 13.6. The molecule has 0 spiro atoms. The van der Waals surface area contributed by atoms with Crippen LogP contribution < -0.4 is 10.5 Å². The molecule has 5 heteroatoms. The lowest BCUT2D eigenvalue weighted by molar-refractivity contribution is 0.306. The smallest absolute Gasteiger partial charge is 0.142 e. The molecule has 0 fully saturated rings. The zero-order valence-electron chi connectivity index (χ0n) is 17.3. The minimum atomic E-state index is 0.153. The number of nitrogen functional groups attached to an aromatic ring is 1. The quantitative estimate of drug-likeness (QED) is 0.639. The number of nitrogens with zero attached hydrogens (tertiary/aromatic N) is 3. The van der Waals surface area contributed by atoms with E-state index < -0.39 is 0 Å². The highest BCUT2D eigenvalue weighted by atomic mass is 16.5. The summed E-state index contributed by atoms with van der Waals surface area (Å²) in [6, 6.07) is 22.1. The van der Waals surface area contributed by atoms with Gasteiger partial charge in [-0.1, -0.05) is 42.5 Å². The largest absolute Gasteiger partial charge is 0.489 e. The van der Waals surface area contributed by atoms with Crippen LogP contribution in [0, 0.1) is 29.6 Å². The van der Waals surface area contributed by atoms with Crippen molar-refractivity contribution in [1.82, 2.24) is 4.98 Å². The van der Waals surface area contributed by atoms with Gasteiger partial charge in [-0.05, 0) is 59.9 Å². The van der Waals surface area contributed by atoms with E-state index in [1.165, 1.54) is 0 Å². The number of rotatable bonds is 4. The van der Waals surface area contributed by atoms with Crippen LogP contribution >= 0.6 is 0 Å². The minimum absolute atomic E-state index is 0.153. The van der Waals surface area contributed by atoms with E-state index in [1.807, 2.05) is 74.5 Å². The van der Waals surface area contributed by atoms with Crippen molar-refractivity contribution < 1.29 is 4.74 Å². The van der Waals surface area contributed by atoms with E-state index >= 15 is 0 Å². The third-order valence-corrected chi connectivity index (χ3v) is 5.42. The Morgan fingerprint density at radius 3 is 2.35 bits per heavy atom. The van der Waals surface area contributed by atoms with Gasteiger partial charge in [0.05, 0.1) is 16.8 Å². The van der Waals surface area contributed by atoms with Gasteiger partial charge in [0.2, 0.25) is 0 Å². The van der Waals surface area contributed by atoms with Crippen LogP contribution in [-0.4, -0.2) is 4.98 Å². The van der Waals surface area contributed by atoms with Crippen LogP contribution in [0.25, 0.3) is 17.2 Å². The highest BCUT2D eigenvalue weighted by Gasteiger charge is 2.29. The number of hydrogen-bond acceptors (Lipinski definition) is 5. The van der Waals surface area contributed by atoms with Crippen molar-refractivity contribution in [2.24, 2.45) is 0 Å². The fourth-order valence-corrected chi connectivity index (χ4v) is 3.76. The van der Waals surface area contributed by atoms with Gasteiger partial charge in [0.15, 0.2) is 0 Å². The van der Waals surface area contributed by atoms with Crippen molar-refractivity contribution in [3.05, 3.63) is 93.7 Å². The Hall–Kier alpha value is -4.35. The van der Waals surface area contributed by atoms with Crippen LogP contribution in [0.4, 0.5) is 5.82 Å². The zero-order chi connectivity index (χ0) is 22.0. The van der Waals surface area contributed by atoms with Crippen LogP contribution in [0.1, 0.15) is 40.4 Å². The molecule has 4 rings (SSSR count). The molecule has 150 valence electrons. The number of aromatic nitrogens is 1. The van der Waals surface area contributed by atoms with Crippen LogP contribution in [0.5, 0.6) is 5.75 Å². The van der Waals surface area contributed by atoms with Gasteiger partial charge in [-0.3, -0.25) is 0 Å². The maximum Gasteiger partial charge on any atom is 0.142 e. The first-order valence-electron chi connectivity index (χ1n) is 9.84. The Morgan fingerprint density at radius 2 is 1.71 bits per heavy atom. The van der Waals surface area contributed by atoms with Gasteiger partial charge in [-0.25, -0.2) is 4.98 Å². The molecule has 0 atom stereocenters. The Kier molecular flexibility index (Phi) is 5.26. The van der Waals surface area contributed by atoms with E-state index in [0.717, 1.165) is 39.1 Å². The van der Waals surface area contributed by atoms with Crippen molar-refractivity contribution in [1.29, 1.82) is 10.5 Å². The molecule has 31 heavy (non-hydrogen) atoms. The predicted octanol–water partition coefficient (Wildman–Crippen LogP) is 5.27. The molecule has 0 unspecified atom stereocenters. The third kappa shape index (κ3) is 3.66. The molecule has 0 saturated heterocycles. The Labute approximate surface area is 181 Å². The highest BCUT2D eigenvalue weighted by molar-refractivity contribution is 6.08. The molecule has 0 aliphatic heterocycles. The summed E-state index contributed by atoms with van der Waals surface area (Å²) in [5.41, 5.74) is 12.6. The molecule has 5 nitrogen and oxygen atoms in total. The third-order valence-electron chi connectivity index (χ3n) is 5.42. The number of hydrogen-bond donors (Lipinski definition) is 1. The lowest BCUT2D eigenvalue weighted by Crippen LogP contribution is -2.03. The summed E-state index contributed by atoms with van der Waals surface area (Å²) in [5, 5.41) is 19.1. The molecule has 1 heterocycles. The van der Waals surface area contributed by atoms with Gasteiger partial charge in [0.25, 0.3) is 0 Å². The molecule has 2 N–H and O–H groups in total. The Balaban J connectivity index is 1.67. The summed E-state index contributed by atoms with van der Waals surface area (Å²) in [6.07, 6.45) is 2.01. The second-order valence-electron chi connectivity index (χ2n) is 7.35. The summed E-state index contributed by atoms with van der Waals surface area (Å²) in [7, 11) is 0. The molecule has 0 bridgehead atoms. The first kappa shape index (κ1) is 19.9. The number of fused-ring (bicyclic) bond motifs is 1. The second kappa shape index (κ2) is 8.18. The van der Waals surface area contributed by atoms with Gasteiger partial charge in [-0.15, -0.1) is 0 Å². The van der Waals surface area contributed by atoms with Gasteiger partial charge < -0.3 is 10.5 Å². The molecular weight excluding hydrogens is 384 g/mol. The van der Waals surface area contributed by atoms with Crippen molar-refractivity contribution in [2.45, 2.75) is 20.5 Å². The molecule has 1 aliphatic rings. The van der Waals surface area contributed by atoms with Gasteiger partial charge in [0.1, 0.15) is 30.3 Å². The lowest BCUT2D eigenvalue weighted by atomic mass is 9.95. The molecule has 0 saturated carbocycles. The van der Waals surface area contributed by atoms with Gasteiger partial charge >= 0.3 is 0 Å². The van der Waals surface area contributed by atoms with Crippen LogP contribution in [-0.2, 0) is 6.61 Å². The number of nitrogens with two attached hydrogens (primary N) is 1. The molecule has 1 aliphatic carbocycles. The first-order valence-corrected chi connectivity index (χ1v) is 9.84. The number of pyridine rings is 1. The number of nitriles is 2. The summed E-state index contributed by atoms with van der Waals surface area (Å²) < 4.78 is 5.86. The number of allylic oxidation sites excluding steroid dienone is 3. The Bertz CT molecular complexity index is 1300. The van der Waals surface area contributed by atoms with E-state index in [4.69, 9.17) is 10.5 Å². The van der Waals surface area contributed by atoms with E-state index in [-0.39, 0.29) is 5.82 Å². The lowest BCUT2D eigenvalue weighted by Gasteiger charge is -2.11. The number of benzene rings is 2. The van der Waals surface area contributed by atoms with Crippen molar-refractivity contribution in [3.8, 4) is 17.9 Å². The Morgan fingerprint density at radius 1 is 1.00 bits per heavy atom. The maximum atomic E-state index is 9.67. The van der Waals surface area contributed by atoms with Crippen LogP contribution in [0.2, 0.25) is 0 Å². The fourth-order valence-electron chi connectivity index (χ4n) is 3.76. The van der Waals surface area contributed by atoms with Crippen LogP contribution in [0.3, 0.4) is 0 Å². The molecule has 0 radical (unpaired) electrons.